The molecule has 0 radical (unpaired) electrons. The van der Waals surface area contributed by atoms with Crippen LogP contribution in [-0.4, -0.2) is 47.3 Å². The van der Waals surface area contributed by atoms with E-state index in [0.717, 1.165) is 5.57 Å². The van der Waals surface area contributed by atoms with Crippen molar-refractivity contribution in [1.29, 1.82) is 0 Å². The number of fused-ring (bicyclic) bond motifs is 1. The molecule has 2 rings (SSSR count). The first-order valence-corrected chi connectivity index (χ1v) is 14.5. The third kappa shape index (κ3) is 4.21. The van der Waals surface area contributed by atoms with Crippen LogP contribution in [0.1, 0.15) is 55.4 Å². The summed E-state index contributed by atoms with van der Waals surface area (Å²) in [6.45, 7) is 20.7. The molecule has 0 unspecified atom stereocenters. The maximum Gasteiger partial charge on any atom is 0.355 e. The molecular weight excluding hydrogens is 485 g/mol. The minimum Gasteiger partial charge on any atom is -0.455 e. The molecule has 0 N–H and O–H groups in total. The molecule has 1 saturated heterocycles. The first kappa shape index (κ1) is 23.9. The number of carbonyl (C=O) groups is 2. The first-order valence-electron chi connectivity index (χ1n) is 10.1. The second kappa shape index (κ2) is 7.69. The second-order valence-electron chi connectivity index (χ2n) is 10.6. The summed E-state index contributed by atoms with van der Waals surface area (Å²) in [6, 6.07) is -0.0143. The predicted molar refractivity (Wildman–Crippen MR) is 123 cm³/mol. The lowest BCUT2D eigenvalue weighted by molar-refractivity contribution is -0.166. The molecule has 2 heterocycles. The van der Waals surface area contributed by atoms with Crippen LogP contribution in [0.5, 0.6) is 0 Å². The Balaban J connectivity index is 2.26. The van der Waals surface area contributed by atoms with Gasteiger partial charge in [0.25, 0.3) is 0 Å². The molecule has 0 saturated carbocycles. The van der Waals surface area contributed by atoms with Crippen LogP contribution < -0.4 is 0 Å². The summed E-state index contributed by atoms with van der Waals surface area (Å²) in [6.07, 6.45) is -0.162. The lowest BCUT2D eigenvalue weighted by Gasteiger charge is -2.50. The Kier molecular flexibility index (Phi) is 6.55. The minimum atomic E-state index is -1.98. The highest BCUT2D eigenvalue weighted by atomic mass is 127. The Morgan fingerprint density at radius 2 is 1.75 bits per heavy atom. The van der Waals surface area contributed by atoms with Gasteiger partial charge in [0.2, 0.25) is 5.91 Å². The Hall–Kier alpha value is -0.413. The summed E-state index contributed by atoms with van der Waals surface area (Å²) in [5.74, 6) is -0.475. The molecule has 160 valence electrons. The summed E-state index contributed by atoms with van der Waals surface area (Å²) in [5, 5.41) is 0.0856. The van der Waals surface area contributed by atoms with Crippen molar-refractivity contribution in [2.75, 3.05) is 4.43 Å². The zero-order chi connectivity index (χ0) is 21.8. The first-order chi connectivity index (χ1) is 12.5. The van der Waals surface area contributed by atoms with E-state index in [1.807, 2.05) is 27.7 Å². The van der Waals surface area contributed by atoms with Crippen molar-refractivity contribution in [3.63, 3.8) is 0 Å². The topological polar surface area (TPSA) is 55.8 Å². The van der Waals surface area contributed by atoms with Crippen LogP contribution in [0.2, 0.25) is 18.1 Å². The van der Waals surface area contributed by atoms with Gasteiger partial charge in [-0.3, -0.25) is 4.79 Å². The minimum absolute atomic E-state index is 0.0104. The van der Waals surface area contributed by atoms with E-state index in [4.69, 9.17) is 9.16 Å². The maximum absolute atomic E-state index is 13.1. The monoisotopic (exact) mass is 521 g/mol. The lowest BCUT2D eigenvalue weighted by atomic mass is 9.78. The van der Waals surface area contributed by atoms with Crippen molar-refractivity contribution in [2.24, 2.45) is 11.8 Å². The Morgan fingerprint density at radius 1 is 1.21 bits per heavy atom. The average Bonchev–Trinajstić information content (AvgIpc) is 2.72. The van der Waals surface area contributed by atoms with E-state index in [-0.39, 0.29) is 34.9 Å². The second-order valence-corrected chi connectivity index (χ2v) is 16.1. The van der Waals surface area contributed by atoms with E-state index >= 15 is 0 Å². The highest BCUT2D eigenvalue weighted by molar-refractivity contribution is 14.1. The smallest absolute Gasteiger partial charge is 0.355 e. The molecule has 1 amide bonds. The Morgan fingerprint density at radius 3 is 2.18 bits per heavy atom. The number of ether oxygens (including phenoxy) is 1. The van der Waals surface area contributed by atoms with E-state index in [0.29, 0.717) is 10.1 Å². The number of hydrogen-bond acceptors (Lipinski definition) is 4. The van der Waals surface area contributed by atoms with E-state index in [1.165, 1.54) is 0 Å². The van der Waals surface area contributed by atoms with Gasteiger partial charge >= 0.3 is 5.97 Å². The normalized spacial score (nSPS) is 26.9. The van der Waals surface area contributed by atoms with Gasteiger partial charge < -0.3 is 14.1 Å². The van der Waals surface area contributed by atoms with E-state index < -0.39 is 19.9 Å². The van der Waals surface area contributed by atoms with Gasteiger partial charge in [-0.1, -0.05) is 50.3 Å². The van der Waals surface area contributed by atoms with E-state index in [9.17, 15) is 9.59 Å². The third-order valence-electron chi connectivity index (χ3n) is 6.32. The van der Waals surface area contributed by atoms with Crippen molar-refractivity contribution in [3.05, 3.63) is 11.3 Å². The molecule has 0 aromatic rings. The van der Waals surface area contributed by atoms with Crippen LogP contribution in [0, 0.1) is 11.8 Å². The fraction of sp³-hybridized carbons (Fsp3) is 0.810. The number of rotatable bonds is 5. The van der Waals surface area contributed by atoms with Crippen LogP contribution in [-0.2, 0) is 18.8 Å². The largest absolute Gasteiger partial charge is 0.455 e. The number of amides is 1. The molecule has 2 aliphatic rings. The number of nitrogens with zero attached hydrogens (tertiary/aromatic N) is 1. The van der Waals surface area contributed by atoms with Crippen molar-refractivity contribution in [2.45, 2.75) is 91.3 Å². The third-order valence-corrected chi connectivity index (χ3v) is 11.7. The molecule has 0 aromatic heterocycles. The van der Waals surface area contributed by atoms with Crippen molar-refractivity contribution in [1.82, 2.24) is 4.90 Å². The molecule has 2 aliphatic heterocycles. The van der Waals surface area contributed by atoms with Gasteiger partial charge in [0.05, 0.1) is 18.1 Å². The molecule has 28 heavy (non-hydrogen) atoms. The molecule has 0 aromatic carbocycles. The molecular formula is C21H36INO4Si. The van der Waals surface area contributed by atoms with Gasteiger partial charge in [-0.05, 0) is 51.4 Å². The summed E-state index contributed by atoms with van der Waals surface area (Å²) >= 11 is 2.27. The quantitative estimate of drug-likeness (QED) is 0.170. The highest BCUT2D eigenvalue weighted by Gasteiger charge is 2.61. The number of carbonyl (C=O) groups excluding carboxylic acids is 2. The lowest BCUT2D eigenvalue weighted by Crippen LogP contribution is -2.65. The fourth-order valence-corrected chi connectivity index (χ4v) is 6.32. The van der Waals surface area contributed by atoms with Crippen LogP contribution in [0.3, 0.4) is 0 Å². The van der Waals surface area contributed by atoms with Crippen LogP contribution in [0.25, 0.3) is 0 Å². The van der Waals surface area contributed by atoms with Crippen molar-refractivity contribution >= 4 is 42.8 Å². The maximum atomic E-state index is 13.1. The SMILES string of the molecule is C[C@@H](O[Si](C)(C)C(C)(C)C)[C@H]1C(=O)N2C(C(=O)OC(C)(C)C)=C(CI)[C@H](C)[C@H]12. The van der Waals surface area contributed by atoms with E-state index in [1.54, 1.807) is 4.90 Å². The summed E-state index contributed by atoms with van der Waals surface area (Å²) in [5.41, 5.74) is 0.881. The molecule has 0 aliphatic carbocycles. The van der Waals surface area contributed by atoms with Crippen LogP contribution >= 0.6 is 22.6 Å². The van der Waals surface area contributed by atoms with Gasteiger partial charge in [-0.15, -0.1) is 0 Å². The number of halogens is 1. The molecule has 1 fully saturated rings. The molecule has 0 spiro atoms. The van der Waals surface area contributed by atoms with Crippen molar-refractivity contribution in [3.8, 4) is 0 Å². The summed E-state index contributed by atoms with van der Waals surface area (Å²) < 4.78 is 12.8. The predicted octanol–water partition coefficient (Wildman–Crippen LogP) is 4.90. The van der Waals surface area contributed by atoms with Crippen LogP contribution in [0.15, 0.2) is 11.3 Å². The zero-order valence-corrected chi connectivity index (χ0v) is 22.1. The zero-order valence-electron chi connectivity index (χ0n) is 19.0. The van der Waals surface area contributed by atoms with Gasteiger partial charge in [-0.2, -0.15) is 0 Å². The Bertz CT molecular complexity index is 689. The molecule has 0 bridgehead atoms. The van der Waals surface area contributed by atoms with Gasteiger partial charge in [0, 0.05) is 10.3 Å². The van der Waals surface area contributed by atoms with Gasteiger partial charge in [0.1, 0.15) is 11.3 Å². The number of hydrogen-bond donors (Lipinski definition) is 0. The van der Waals surface area contributed by atoms with E-state index in [2.05, 4.69) is 63.4 Å². The molecule has 4 atom stereocenters. The number of esters is 1. The molecule has 7 heteroatoms. The Labute approximate surface area is 184 Å². The summed E-state index contributed by atoms with van der Waals surface area (Å²) in [7, 11) is -1.98. The number of β-lactam (4-membered cyclic amide) rings is 1. The van der Waals surface area contributed by atoms with Crippen molar-refractivity contribution < 1.29 is 18.8 Å². The highest BCUT2D eigenvalue weighted by Crippen LogP contribution is 2.49. The van der Waals surface area contributed by atoms with Gasteiger partial charge in [0.15, 0.2) is 8.32 Å². The number of alkyl halides is 1. The molecule has 5 nitrogen and oxygen atoms in total. The summed E-state index contributed by atoms with van der Waals surface area (Å²) in [4.78, 5) is 27.7. The fourth-order valence-electron chi connectivity index (χ4n) is 3.84. The standard InChI is InChI=1S/C21H36INO4Si/c1-12-14(11-22)17(19(25)26-20(3,4)5)23-16(12)15(18(23)24)13(2)27-28(9,10)21(6,7)8/h12-13,15-16H,11H2,1-10H3/t12-,13+,15+,16+/m0/s1. The average molecular weight is 522 g/mol. The van der Waals surface area contributed by atoms with Gasteiger partial charge in [-0.25, -0.2) is 4.79 Å². The van der Waals surface area contributed by atoms with Crippen LogP contribution in [0.4, 0.5) is 0 Å².